The molecule has 2 rings (SSSR count). The van der Waals surface area contributed by atoms with Crippen LogP contribution in [0.25, 0.3) is 0 Å². The molecule has 2 heterocycles. The summed E-state index contributed by atoms with van der Waals surface area (Å²) in [5, 5.41) is 2.96. The minimum Gasteiger partial charge on any atom is -0.367 e. The molecule has 106 valence electrons. The lowest BCUT2D eigenvalue weighted by atomic mass is 9.97. The molecular weight excluding hydrogens is 328 g/mol. The molecule has 0 spiro atoms. The van der Waals surface area contributed by atoms with Gasteiger partial charge in [0.1, 0.15) is 0 Å². The van der Waals surface area contributed by atoms with Gasteiger partial charge in [-0.3, -0.25) is 0 Å². The third-order valence-electron chi connectivity index (χ3n) is 3.12. The summed E-state index contributed by atoms with van der Waals surface area (Å²) in [6.45, 7) is 7.17. The molecule has 0 N–H and O–H groups in total. The molecule has 1 aromatic rings. The zero-order chi connectivity index (χ0) is 14.0. The summed E-state index contributed by atoms with van der Waals surface area (Å²) in [5.74, 6) is 0.323. The van der Waals surface area contributed by atoms with Crippen molar-refractivity contribution in [2.24, 2.45) is 5.41 Å². The van der Waals surface area contributed by atoms with E-state index < -0.39 is 5.41 Å². The molecule has 1 fully saturated rings. The Bertz CT molecular complexity index is 448. The van der Waals surface area contributed by atoms with Gasteiger partial charge in [-0.25, -0.2) is 9.78 Å². The molecule has 1 aliphatic rings. The van der Waals surface area contributed by atoms with Gasteiger partial charge in [0.25, 0.3) is 0 Å². The van der Waals surface area contributed by atoms with E-state index in [0.717, 1.165) is 29.7 Å². The maximum atomic E-state index is 11.8. The van der Waals surface area contributed by atoms with Crippen LogP contribution in [0.2, 0.25) is 0 Å². The smallest absolute Gasteiger partial charge is 0.330 e. The maximum Gasteiger partial charge on any atom is 0.330 e. The molecule has 0 amide bonds. The van der Waals surface area contributed by atoms with Crippen LogP contribution in [-0.2, 0) is 9.63 Å². The summed E-state index contributed by atoms with van der Waals surface area (Å²) in [4.78, 5) is 21.6. The molecule has 19 heavy (non-hydrogen) atoms. The summed E-state index contributed by atoms with van der Waals surface area (Å²) in [7, 11) is 0. The van der Waals surface area contributed by atoms with E-state index in [2.05, 4.69) is 20.9 Å². The molecular formula is C13H19BrN2O2S. The Hall–Kier alpha value is -0.460. The molecule has 0 unspecified atom stereocenters. The lowest BCUT2D eigenvalue weighted by Gasteiger charge is -2.31. The molecule has 1 saturated heterocycles. The van der Waals surface area contributed by atoms with Gasteiger partial charge in [0.2, 0.25) is 0 Å². The summed E-state index contributed by atoms with van der Waals surface area (Å²) < 4.78 is 1.07. The van der Waals surface area contributed by atoms with Crippen LogP contribution in [0.15, 0.2) is 9.98 Å². The van der Waals surface area contributed by atoms with Crippen LogP contribution >= 0.6 is 27.3 Å². The largest absolute Gasteiger partial charge is 0.367 e. The first-order valence-corrected chi connectivity index (χ1v) is 8.06. The van der Waals surface area contributed by atoms with E-state index in [-0.39, 0.29) is 5.97 Å². The number of halogens is 1. The first-order valence-electron chi connectivity index (χ1n) is 6.45. The van der Waals surface area contributed by atoms with E-state index in [4.69, 9.17) is 4.84 Å². The number of nitrogens with zero attached hydrogens (tertiary/aromatic N) is 2. The highest BCUT2D eigenvalue weighted by atomic mass is 79.9. The normalized spacial score (nSPS) is 18.5. The molecule has 1 aromatic heterocycles. The number of hydroxylamine groups is 2. The van der Waals surface area contributed by atoms with Crippen molar-refractivity contribution in [2.75, 3.05) is 13.1 Å². The number of carbonyl (C=O) groups excluding carboxylic acids is 1. The van der Waals surface area contributed by atoms with E-state index in [9.17, 15) is 4.79 Å². The Morgan fingerprint density at radius 2 is 2.11 bits per heavy atom. The van der Waals surface area contributed by atoms with Crippen LogP contribution < -0.4 is 0 Å². The van der Waals surface area contributed by atoms with E-state index in [1.165, 1.54) is 5.01 Å². The summed E-state index contributed by atoms with van der Waals surface area (Å²) in [6, 6.07) is 0. The van der Waals surface area contributed by atoms with Crippen molar-refractivity contribution in [1.29, 1.82) is 0 Å². The Kier molecular flexibility index (Phi) is 4.63. The van der Waals surface area contributed by atoms with Crippen molar-refractivity contribution < 1.29 is 9.63 Å². The zero-order valence-electron chi connectivity index (χ0n) is 11.5. The fraction of sp³-hybridized carbons (Fsp3) is 0.692. The van der Waals surface area contributed by atoms with Gasteiger partial charge in [0.15, 0.2) is 0 Å². The van der Waals surface area contributed by atoms with Gasteiger partial charge < -0.3 is 4.84 Å². The minimum absolute atomic E-state index is 0.164. The van der Waals surface area contributed by atoms with E-state index in [1.54, 1.807) is 16.4 Å². The van der Waals surface area contributed by atoms with E-state index >= 15 is 0 Å². The summed E-state index contributed by atoms with van der Waals surface area (Å²) in [6.07, 6.45) is 3.82. The van der Waals surface area contributed by atoms with Crippen LogP contribution in [0.1, 0.15) is 44.5 Å². The lowest BCUT2D eigenvalue weighted by molar-refractivity contribution is -0.204. The highest BCUT2D eigenvalue weighted by molar-refractivity contribution is 9.11. The number of carbonyl (C=O) groups is 1. The standard InChI is InChI=1S/C13H19BrN2O2S/c1-13(2,3)12(17)18-16-6-4-9(5-7-16)11-15-8-10(14)19-11/h8-9H,4-7H2,1-3H3. The zero-order valence-corrected chi connectivity index (χ0v) is 13.9. The molecule has 6 heteroatoms. The van der Waals surface area contributed by atoms with Gasteiger partial charge in [0.05, 0.1) is 20.4 Å². The van der Waals surface area contributed by atoms with Crippen molar-refractivity contribution in [2.45, 2.75) is 39.5 Å². The number of piperidine rings is 1. The monoisotopic (exact) mass is 346 g/mol. The van der Waals surface area contributed by atoms with Gasteiger partial charge in [-0.05, 0) is 49.5 Å². The summed E-state index contributed by atoms with van der Waals surface area (Å²) >= 11 is 5.13. The number of hydrogen-bond acceptors (Lipinski definition) is 5. The van der Waals surface area contributed by atoms with Gasteiger partial charge in [-0.2, -0.15) is 0 Å². The molecule has 0 aliphatic carbocycles. The molecule has 0 saturated carbocycles. The van der Waals surface area contributed by atoms with Crippen LogP contribution in [0.3, 0.4) is 0 Å². The molecule has 4 nitrogen and oxygen atoms in total. The predicted octanol–water partition coefficient (Wildman–Crippen LogP) is 3.59. The molecule has 0 bridgehead atoms. The second-order valence-corrected chi connectivity index (χ2v) is 8.28. The van der Waals surface area contributed by atoms with Crippen molar-refractivity contribution in [3.05, 3.63) is 15.0 Å². The highest BCUT2D eigenvalue weighted by Crippen LogP contribution is 2.33. The van der Waals surface area contributed by atoms with Crippen molar-refractivity contribution in [1.82, 2.24) is 10.0 Å². The Balaban J connectivity index is 1.84. The quantitative estimate of drug-likeness (QED) is 0.820. The van der Waals surface area contributed by atoms with E-state index in [0.29, 0.717) is 5.92 Å². The molecule has 0 aromatic carbocycles. The highest BCUT2D eigenvalue weighted by Gasteiger charge is 2.29. The second kappa shape index (κ2) is 5.89. The van der Waals surface area contributed by atoms with Crippen LogP contribution in [-0.4, -0.2) is 29.1 Å². The second-order valence-electron chi connectivity index (χ2n) is 5.83. The topological polar surface area (TPSA) is 42.4 Å². The number of rotatable bonds is 2. The first kappa shape index (κ1) is 14.9. The van der Waals surface area contributed by atoms with Gasteiger partial charge in [-0.1, -0.05) is 0 Å². The van der Waals surface area contributed by atoms with Crippen molar-refractivity contribution >= 4 is 33.2 Å². The number of thiazole rings is 1. The Morgan fingerprint density at radius 3 is 2.58 bits per heavy atom. The minimum atomic E-state index is -0.447. The van der Waals surface area contributed by atoms with Crippen LogP contribution in [0.5, 0.6) is 0 Å². The third-order valence-corrected chi connectivity index (χ3v) is 4.76. The average molecular weight is 347 g/mol. The molecule has 0 radical (unpaired) electrons. The van der Waals surface area contributed by atoms with Gasteiger partial charge >= 0.3 is 5.97 Å². The first-order chi connectivity index (χ1) is 8.86. The fourth-order valence-corrected chi connectivity index (χ4v) is 3.32. The van der Waals surface area contributed by atoms with Gasteiger partial charge in [-0.15, -0.1) is 16.4 Å². The SMILES string of the molecule is CC(C)(C)C(=O)ON1CCC(c2ncc(Br)s2)CC1. The predicted molar refractivity (Wildman–Crippen MR) is 78.9 cm³/mol. The van der Waals surface area contributed by atoms with Crippen LogP contribution in [0, 0.1) is 5.41 Å². The lowest BCUT2D eigenvalue weighted by Crippen LogP contribution is -2.38. The van der Waals surface area contributed by atoms with Crippen LogP contribution in [0.4, 0.5) is 0 Å². The van der Waals surface area contributed by atoms with E-state index in [1.807, 2.05) is 27.0 Å². The maximum absolute atomic E-state index is 11.8. The number of aromatic nitrogens is 1. The number of hydrogen-bond donors (Lipinski definition) is 0. The summed E-state index contributed by atoms with van der Waals surface area (Å²) in [5.41, 5.74) is -0.447. The average Bonchev–Trinajstić information content (AvgIpc) is 2.75. The Morgan fingerprint density at radius 1 is 1.47 bits per heavy atom. The Labute approximate surface area is 126 Å². The van der Waals surface area contributed by atoms with Crippen molar-refractivity contribution in [3.8, 4) is 0 Å². The molecule has 0 atom stereocenters. The molecule has 1 aliphatic heterocycles. The fourth-order valence-electron chi connectivity index (χ4n) is 1.90. The van der Waals surface area contributed by atoms with Crippen molar-refractivity contribution in [3.63, 3.8) is 0 Å². The van der Waals surface area contributed by atoms with Gasteiger partial charge in [0, 0.05) is 19.0 Å². The third kappa shape index (κ3) is 4.00.